The predicted molar refractivity (Wildman–Crippen MR) is 97.3 cm³/mol. The summed E-state index contributed by atoms with van der Waals surface area (Å²) in [5, 5.41) is 4.27. The highest BCUT2D eigenvalue weighted by Gasteiger charge is 2.21. The number of thiophene rings is 1. The highest BCUT2D eigenvalue weighted by atomic mass is 32.2. The lowest BCUT2D eigenvalue weighted by molar-refractivity contribution is 0.601. The summed E-state index contributed by atoms with van der Waals surface area (Å²) in [4.78, 5) is 17.1. The highest BCUT2D eigenvalue weighted by molar-refractivity contribution is 7.93. The fourth-order valence-electron chi connectivity index (χ4n) is 2.30. The minimum atomic E-state index is -3.73. The minimum Gasteiger partial charge on any atom is -0.278 e. The van der Waals surface area contributed by atoms with E-state index < -0.39 is 10.0 Å². The number of nitrogens with one attached hydrogen (secondary N) is 1. The zero-order valence-corrected chi connectivity index (χ0v) is 15.3. The number of nitrogens with zero attached hydrogens (tertiary/aromatic N) is 3. The summed E-state index contributed by atoms with van der Waals surface area (Å²) < 4.78 is 29.1. The van der Waals surface area contributed by atoms with Gasteiger partial charge in [-0.3, -0.25) is 14.5 Å². The molecule has 25 heavy (non-hydrogen) atoms. The van der Waals surface area contributed by atoms with Crippen molar-refractivity contribution < 1.29 is 8.42 Å². The number of hydrogen-bond donors (Lipinski definition) is 1. The number of aromatic nitrogens is 3. The molecule has 9 heteroatoms. The monoisotopic (exact) mass is 376 g/mol. The van der Waals surface area contributed by atoms with Gasteiger partial charge in [-0.1, -0.05) is 0 Å². The third-order valence-corrected chi connectivity index (χ3v) is 6.20. The van der Waals surface area contributed by atoms with Crippen LogP contribution in [0, 0.1) is 6.92 Å². The lowest BCUT2D eigenvalue weighted by Crippen LogP contribution is -2.20. The van der Waals surface area contributed by atoms with Gasteiger partial charge in [0.15, 0.2) is 0 Å². The van der Waals surface area contributed by atoms with Gasteiger partial charge in [0, 0.05) is 23.7 Å². The van der Waals surface area contributed by atoms with Gasteiger partial charge >= 0.3 is 0 Å². The van der Waals surface area contributed by atoms with E-state index in [2.05, 4.69) is 14.8 Å². The van der Waals surface area contributed by atoms with Crippen LogP contribution in [-0.2, 0) is 16.6 Å². The molecule has 3 aromatic rings. The van der Waals surface area contributed by atoms with Crippen molar-refractivity contribution in [1.29, 1.82) is 0 Å². The van der Waals surface area contributed by atoms with Crippen LogP contribution >= 0.6 is 11.3 Å². The van der Waals surface area contributed by atoms with Crippen LogP contribution in [0.25, 0.3) is 10.6 Å². The SMILES string of the molecule is CCn1nc(-c2cc(S(=O)(=O)Nc3cccnc3)c(C)s2)ccc1=O. The number of rotatable bonds is 5. The molecule has 0 saturated heterocycles. The Balaban J connectivity index is 1.99. The Morgan fingerprint density at radius 1 is 1.28 bits per heavy atom. The Bertz CT molecular complexity index is 1060. The molecule has 0 aromatic carbocycles. The topological polar surface area (TPSA) is 93.9 Å². The van der Waals surface area contributed by atoms with Crippen LogP contribution < -0.4 is 10.3 Å². The molecule has 0 unspecified atom stereocenters. The second-order valence-corrected chi connectivity index (χ2v) is 8.16. The second-order valence-electron chi connectivity index (χ2n) is 5.25. The van der Waals surface area contributed by atoms with Crippen LogP contribution in [0.4, 0.5) is 5.69 Å². The number of hydrogen-bond acceptors (Lipinski definition) is 6. The first-order chi connectivity index (χ1) is 11.9. The molecule has 3 aromatic heterocycles. The van der Waals surface area contributed by atoms with Gasteiger partial charge in [-0.2, -0.15) is 5.10 Å². The number of sulfonamides is 1. The van der Waals surface area contributed by atoms with Gasteiger partial charge in [-0.25, -0.2) is 13.1 Å². The number of anilines is 1. The van der Waals surface area contributed by atoms with E-state index in [1.165, 1.54) is 28.3 Å². The fraction of sp³-hybridized carbons (Fsp3) is 0.188. The van der Waals surface area contributed by atoms with E-state index in [9.17, 15) is 13.2 Å². The summed E-state index contributed by atoms with van der Waals surface area (Å²) in [5.74, 6) is 0. The third-order valence-electron chi connectivity index (χ3n) is 3.49. The van der Waals surface area contributed by atoms with Crippen molar-refractivity contribution >= 4 is 27.0 Å². The van der Waals surface area contributed by atoms with E-state index in [-0.39, 0.29) is 10.5 Å². The predicted octanol–water partition coefficient (Wildman–Crippen LogP) is 2.50. The average Bonchev–Trinajstić information content (AvgIpc) is 2.98. The van der Waals surface area contributed by atoms with Crippen molar-refractivity contribution in [3.05, 3.63) is 58.0 Å². The molecular formula is C16H16N4O3S2. The molecule has 0 saturated carbocycles. The molecule has 0 amide bonds. The van der Waals surface area contributed by atoms with Crippen LogP contribution in [0.3, 0.4) is 0 Å². The van der Waals surface area contributed by atoms with E-state index in [4.69, 9.17) is 0 Å². The lowest BCUT2D eigenvalue weighted by atomic mass is 10.3. The van der Waals surface area contributed by atoms with Crippen molar-refractivity contribution in [2.24, 2.45) is 0 Å². The van der Waals surface area contributed by atoms with Crippen LogP contribution in [0.1, 0.15) is 11.8 Å². The first-order valence-corrected chi connectivity index (χ1v) is 9.82. The molecule has 0 aliphatic carbocycles. The molecule has 3 heterocycles. The third kappa shape index (κ3) is 3.62. The Hall–Kier alpha value is -2.52. The standard InChI is InChI=1S/C16H16N4O3S2/c1-3-20-16(21)7-6-13(18-20)14-9-15(11(2)24-14)25(22,23)19-12-5-4-8-17-10-12/h4-10,19H,3H2,1-2H3. The molecule has 3 rings (SSSR count). The Labute approximate surface area is 149 Å². The summed E-state index contributed by atoms with van der Waals surface area (Å²) in [7, 11) is -3.73. The zero-order valence-electron chi connectivity index (χ0n) is 13.6. The molecule has 0 spiro atoms. The quantitative estimate of drug-likeness (QED) is 0.738. The summed E-state index contributed by atoms with van der Waals surface area (Å²) >= 11 is 1.32. The smallest absolute Gasteiger partial charge is 0.266 e. The van der Waals surface area contributed by atoms with Gasteiger partial charge in [0.05, 0.1) is 16.8 Å². The first kappa shape index (κ1) is 17.3. The van der Waals surface area contributed by atoms with Crippen molar-refractivity contribution in [2.45, 2.75) is 25.3 Å². The normalized spacial score (nSPS) is 11.4. The Morgan fingerprint density at radius 3 is 2.76 bits per heavy atom. The summed E-state index contributed by atoms with van der Waals surface area (Å²) in [6, 6.07) is 7.90. The number of aryl methyl sites for hydroxylation is 2. The molecular weight excluding hydrogens is 360 g/mol. The van der Waals surface area contributed by atoms with Gasteiger partial charge in [-0.05, 0) is 38.1 Å². The van der Waals surface area contributed by atoms with Gasteiger partial charge in [-0.15, -0.1) is 11.3 Å². The number of pyridine rings is 1. The second kappa shape index (κ2) is 6.77. The molecule has 1 N–H and O–H groups in total. The highest BCUT2D eigenvalue weighted by Crippen LogP contribution is 2.33. The maximum Gasteiger partial charge on any atom is 0.266 e. The van der Waals surface area contributed by atoms with Gasteiger partial charge in [0.2, 0.25) is 0 Å². The molecule has 130 valence electrons. The molecule has 0 radical (unpaired) electrons. The van der Waals surface area contributed by atoms with Gasteiger partial charge < -0.3 is 0 Å². The van der Waals surface area contributed by atoms with E-state index in [1.54, 1.807) is 37.4 Å². The largest absolute Gasteiger partial charge is 0.278 e. The van der Waals surface area contributed by atoms with E-state index in [1.807, 2.05) is 6.92 Å². The molecule has 0 aliphatic heterocycles. The van der Waals surface area contributed by atoms with Crippen LogP contribution in [-0.4, -0.2) is 23.2 Å². The lowest BCUT2D eigenvalue weighted by Gasteiger charge is -2.06. The summed E-state index contributed by atoms with van der Waals surface area (Å²) in [5.41, 5.74) is 0.773. The maximum atomic E-state index is 12.6. The van der Waals surface area contributed by atoms with E-state index in [0.29, 0.717) is 27.7 Å². The molecule has 7 nitrogen and oxygen atoms in total. The van der Waals surface area contributed by atoms with Crippen LogP contribution in [0.5, 0.6) is 0 Å². The minimum absolute atomic E-state index is 0.187. The van der Waals surface area contributed by atoms with Gasteiger partial charge in [0.1, 0.15) is 10.6 Å². The summed E-state index contributed by atoms with van der Waals surface area (Å²) in [6.07, 6.45) is 3.01. The molecule has 0 bridgehead atoms. The van der Waals surface area contributed by atoms with Gasteiger partial charge in [0.25, 0.3) is 15.6 Å². The van der Waals surface area contributed by atoms with Crippen molar-refractivity contribution in [1.82, 2.24) is 14.8 Å². The van der Waals surface area contributed by atoms with Crippen LogP contribution in [0.15, 0.2) is 52.4 Å². The molecule has 0 atom stereocenters. The Kier molecular flexibility index (Phi) is 4.69. The Morgan fingerprint density at radius 2 is 2.08 bits per heavy atom. The van der Waals surface area contributed by atoms with E-state index >= 15 is 0 Å². The van der Waals surface area contributed by atoms with E-state index in [0.717, 1.165) is 0 Å². The average molecular weight is 376 g/mol. The maximum absolute atomic E-state index is 12.6. The first-order valence-electron chi connectivity index (χ1n) is 7.52. The fourth-order valence-corrected chi connectivity index (χ4v) is 4.90. The molecule has 0 aliphatic rings. The molecule has 0 fully saturated rings. The van der Waals surface area contributed by atoms with Crippen molar-refractivity contribution in [3.63, 3.8) is 0 Å². The van der Waals surface area contributed by atoms with Crippen molar-refractivity contribution in [3.8, 4) is 10.6 Å². The summed E-state index contributed by atoms with van der Waals surface area (Å²) in [6.45, 7) is 4.01. The van der Waals surface area contributed by atoms with Crippen molar-refractivity contribution in [2.75, 3.05) is 4.72 Å². The van der Waals surface area contributed by atoms with Crippen LogP contribution in [0.2, 0.25) is 0 Å². The zero-order chi connectivity index (χ0) is 18.0.